The van der Waals surface area contributed by atoms with Crippen molar-refractivity contribution >= 4 is 11.5 Å². The smallest absolute Gasteiger partial charge is 0.251 e. The van der Waals surface area contributed by atoms with Crippen LogP contribution in [0.25, 0.3) is 0 Å². The van der Waals surface area contributed by atoms with Crippen molar-refractivity contribution in [2.45, 2.75) is 26.7 Å². The fourth-order valence-corrected chi connectivity index (χ4v) is 1.31. The average Bonchev–Trinajstić information content (AvgIpc) is 2.48. The Morgan fingerprint density at radius 1 is 1.50 bits per heavy atom. The van der Waals surface area contributed by atoms with Gasteiger partial charge in [0.1, 0.15) is 24.0 Å². The van der Waals surface area contributed by atoms with Crippen LogP contribution in [0.1, 0.15) is 26.7 Å². The molecule has 1 rings (SSSR count). The lowest BCUT2D eigenvalue weighted by atomic mass is 10.2. The normalized spacial score (nSPS) is 10.5. The molecular formula is C11H22N6O3. The molecule has 0 unspecified atom stereocenters. The van der Waals surface area contributed by atoms with Crippen LogP contribution < -0.4 is 33.4 Å². The van der Waals surface area contributed by atoms with Crippen LogP contribution in [0.15, 0.2) is 26.8 Å². The Kier molecular flexibility index (Phi) is 8.55. The minimum Gasteiger partial charge on any atom is -0.502 e. The number of nitrogens with zero attached hydrogens (tertiary/aromatic N) is 2. The summed E-state index contributed by atoms with van der Waals surface area (Å²) in [6.07, 6.45) is 3.15. The van der Waals surface area contributed by atoms with Gasteiger partial charge in [0.25, 0.3) is 5.43 Å². The molecule has 0 spiro atoms. The van der Waals surface area contributed by atoms with E-state index >= 15 is 0 Å². The standard InChI is InChI=1S/C9H16N6O3.C2H6/c10-13-8(14-11)2-1-3-15(12)6-4-18-5-7(16)9(6)17;1-2/h4-5,16H,1-3,10-12H2,(H,13,14);1-2H3. The molecule has 0 saturated carbocycles. The van der Waals surface area contributed by atoms with Gasteiger partial charge in [-0.1, -0.05) is 13.8 Å². The van der Waals surface area contributed by atoms with Crippen LogP contribution >= 0.6 is 0 Å². The lowest BCUT2D eigenvalue weighted by Gasteiger charge is -2.17. The van der Waals surface area contributed by atoms with E-state index in [9.17, 15) is 9.90 Å². The molecule has 8 N–H and O–H groups in total. The van der Waals surface area contributed by atoms with Gasteiger partial charge in [0, 0.05) is 13.0 Å². The van der Waals surface area contributed by atoms with Crippen LogP contribution in [0, 0.1) is 0 Å². The van der Waals surface area contributed by atoms with Crippen LogP contribution in [0.3, 0.4) is 0 Å². The Morgan fingerprint density at radius 3 is 2.70 bits per heavy atom. The summed E-state index contributed by atoms with van der Waals surface area (Å²) in [5.41, 5.74) is 1.81. The number of anilines is 1. The first-order chi connectivity index (χ1) is 9.60. The zero-order valence-electron chi connectivity index (χ0n) is 11.7. The van der Waals surface area contributed by atoms with Crippen molar-refractivity contribution in [2.75, 3.05) is 11.6 Å². The maximum Gasteiger partial charge on any atom is 0.251 e. The molecule has 0 aliphatic carbocycles. The van der Waals surface area contributed by atoms with Crippen molar-refractivity contribution in [1.82, 2.24) is 5.43 Å². The van der Waals surface area contributed by atoms with Gasteiger partial charge >= 0.3 is 0 Å². The predicted octanol–water partition coefficient (Wildman–Crippen LogP) is -0.433. The summed E-state index contributed by atoms with van der Waals surface area (Å²) in [6.45, 7) is 4.34. The van der Waals surface area contributed by atoms with Crippen LogP contribution in [-0.4, -0.2) is 17.5 Å². The third-order valence-corrected chi connectivity index (χ3v) is 2.27. The van der Waals surface area contributed by atoms with Crippen molar-refractivity contribution in [3.05, 3.63) is 22.7 Å². The van der Waals surface area contributed by atoms with Crippen molar-refractivity contribution < 1.29 is 9.52 Å². The van der Waals surface area contributed by atoms with Gasteiger partial charge in [0.15, 0.2) is 0 Å². The molecule has 1 aromatic heterocycles. The molecule has 0 radical (unpaired) electrons. The summed E-state index contributed by atoms with van der Waals surface area (Å²) in [7, 11) is 0. The minimum atomic E-state index is -0.589. The Balaban J connectivity index is 0.00000172. The van der Waals surface area contributed by atoms with E-state index in [4.69, 9.17) is 21.9 Å². The number of hydrazone groups is 1. The molecule has 9 nitrogen and oxygen atoms in total. The van der Waals surface area contributed by atoms with Gasteiger partial charge in [-0.3, -0.25) is 4.79 Å². The van der Waals surface area contributed by atoms with Crippen molar-refractivity contribution in [3.8, 4) is 5.75 Å². The highest BCUT2D eigenvalue weighted by Gasteiger charge is 2.10. The van der Waals surface area contributed by atoms with E-state index < -0.39 is 11.2 Å². The molecule has 0 aliphatic rings. The number of aromatic hydroxyl groups is 1. The molecule has 114 valence electrons. The lowest BCUT2D eigenvalue weighted by molar-refractivity contribution is 0.429. The molecule has 0 fully saturated rings. The Bertz CT molecular complexity index is 473. The average molecular weight is 286 g/mol. The number of hydrazine groups is 2. The highest BCUT2D eigenvalue weighted by atomic mass is 16.3. The van der Waals surface area contributed by atoms with Crippen molar-refractivity contribution in [2.24, 2.45) is 22.6 Å². The number of rotatable bonds is 5. The van der Waals surface area contributed by atoms with Crippen LogP contribution in [0.5, 0.6) is 5.75 Å². The molecule has 0 atom stereocenters. The molecule has 9 heteroatoms. The van der Waals surface area contributed by atoms with E-state index in [0.717, 1.165) is 6.26 Å². The summed E-state index contributed by atoms with van der Waals surface area (Å²) in [4.78, 5) is 11.5. The quantitative estimate of drug-likeness (QED) is 0.211. The van der Waals surface area contributed by atoms with Gasteiger partial charge in [-0.2, -0.15) is 5.10 Å². The van der Waals surface area contributed by atoms with Gasteiger partial charge < -0.3 is 25.8 Å². The largest absolute Gasteiger partial charge is 0.502 e. The molecule has 0 saturated heterocycles. The second-order valence-electron chi connectivity index (χ2n) is 3.49. The number of nitrogens with one attached hydrogen (secondary N) is 1. The van der Waals surface area contributed by atoms with Crippen LogP contribution in [0.4, 0.5) is 5.69 Å². The van der Waals surface area contributed by atoms with E-state index in [1.807, 2.05) is 13.8 Å². The topological polar surface area (TPSA) is 156 Å². The summed E-state index contributed by atoms with van der Waals surface area (Å²) in [5.74, 6) is 15.8. The summed E-state index contributed by atoms with van der Waals surface area (Å²) in [6, 6.07) is 0. The SMILES string of the molecule is CC.N/N=C(/CCCN(N)c1cocc(O)c1=O)NN. The zero-order valence-corrected chi connectivity index (χ0v) is 11.7. The number of hydrogen-bond donors (Lipinski definition) is 5. The third-order valence-electron chi connectivity index (χ3n) is 2.27. The van der Waals surface area contributed by atoms with E-state index in [-0.39, 0.29) is 5.69 Å². The summed E-state index contributed by atoms with van der Waals surface area (Å²) >= 11 is 0. The number of hydrogen-bond acceptors (Lipinski definition) is 8. The zero-order chi connectivity index (χ0) is 15.5. The van der Waals surface area contributed by atoms with Gasteiger partial charge in [-0.15, -0.1) is 0 Å². The lowest BCUT2D eigenvalue weighted by Crippen LogP contribution is -2.37. The maximum absolute atomic E-state index is 11.5. The highest BCUT2D eigenvalue weighted by Crippen LogP contribution is 2.10. The van der Waals surface area contributed by atoms with E-state index in [1.165, 1.54) is 11.3 Å². The number of nitrogens with two attached hydrogens (primary N) is 3. The first-order valence-corrected chi connectivity index (χ1v) is 6.15. The Hall–Kier alpha value is -2.26. The molecule has 0 amide bonds. The first-order valence-electron chi connectivity index (χ1n) is 6.15. The maximum atomic E-state index is 11.5. The van der Waals surface area contributed by atoms with Crippen LogP contribution in [-0.2, 0) is 0 Å². The molecule has 1 aromatic rings. The van der Waals surface area contributed by atoms with Crippen LogP contribution in [0.2, 0.25) is 0 Å². The van der Waals surface area contributed by atoms with E-state index in [2.05, 4.69) is 10.5 Å². The third kappa shape index (κ3) is 5.16. The molecule has 0 aliphatic heterocycles. The van der Waals surface area contributed by atoms with Gasteiger partial charge in [-0.25, -0.2) is 11.7 Å². The van der Waals surface area contributed by atoms with Gasteiger partial charge in [0.2, 0.25) is 5.75 Å². The molecule has 1 heterocycles. The van der Waals surface area contributed by atoms with E-state index in [1.54, 1.807) is 0 Å². The summed E-state index contributed by atoms with van der Waals surface area (Å²) < 4.78 is 4.76. The summed E-state index contributed by atoms with van der Waals surface area (Å²) in [5, 5.41) is 13.8. The monoisotopic (exact) mass is 286 g/mol. The van der Waals surface area contributed by atoms with Crippen molar-refractivity contribution in [3.63, 3.8) is 0 Å². The van der Waals surface area contributed by atoms with Crippen molar-refractivity contribution in [1.29, 1.82) is 0 Å². The fourth-order valence-electron chi connectivity index (χ4n) is 1.31. The van der Waals surface area contributed by atoms with E-state index in [0.29, 0.717) is 25.2 Å². The molecular weight excluding hydrogens is 264 g/mol. The first kappa shape index (κ1) is 17.7. The molecule has 0 bridgehead atoms. The van der Waals surface area contributed by atoms with Gasteiger partial charge in [-0.05, 0) is 6.42 Å². The number of amidine groups is 1. The predicted molar refractivity (Wildman–Crippen MR) is 77.7 cm³/mol. The highest BCUT2D eigenvalue weighted by molar-refractivity contribution is 5.81. The fraction of sp³-hybridized carbons (Fsp3) is 0.455. The molecule has 20 heavy (non-hydrogen) atoms. The second-order valence-corrected chi connectivity index (χ2v) is 3.49. The minimum absolute atomic E-state index is 0.0712. The second kappa shape index (κ2) is 9.64. The molecule has 0 aromatic carbocycles. The Labute approximate surface area is 117 Å². The Morgan fingerprint density at radius 2 is 2.15 bits per heavy atom. The van der Waals surface area contributed by atoms with Gasteiger partial charge in [0.05, 0.1) is 0 Å².